The summed E-state index contributed by atoms with van der Waals surface area (Å²) in [5.41, 5.74) is 0.217. The summed E-state index contributed by atoms with van der Waals surface area (Å²) in [7, 11) is 0. The highest BCUT2D eigenvalue weighted by molar-refractivity contribution is 5.97. The summed E-state index contributed by atoms with van der Waals surface area (Å²) < 4.78 is 13.5. The topological polar surface area (TPSA) is 20.3 Å². The first-order chi connectivity index (χ1) is 8.72. The highest BCUT2D eigenvalue weighted by Crippen LogP contribution is 2.23. The Morgan fingerprint density at radius 1 is 1.33 bits per heavy atom. The van der Waals surface area contributed by atoms with Crippen molar-refractivity contribution in [1.82, 2.24) is 4.90 Å². The van der Waals surface area contributed by atoms with Crippen LogP contribution in [0.25, 0.3) is 0 Å². The van der Waals surface area contributed by atoms with Crippen LogP contribution in [0.1, 0.15) is 43.0 Å². The van der Waals surface area contributed by atoms with Crippen molar-refractivity contribution < 1.29 is 9.18 Å². The van der Waals surface area contributed by atoms with Crippen molar-refractivity contribution in [1.29, 1.82) is 0 Å². The van der Waals surface area contributed by atoms with Crippen molar-refractivity contribution in [3.63, 3.8) is 0 Å². The largest absolute Gasteiger partial charge is 0.293 e. The van der Waals surface area contributed by atoms with Crippen molar-refractivity contribution in [3.8, 4) is 0 Å². The summed E-state index contributed by atoms with van der Waals surface area (Å²) in [5, 5.41) is 0. The Bertz CT molecular complexity index is 413. The average molecular weight is 249 g/mol. The Kier molecular flexibility index (Phi) is 4.48. The van der Waals surface area contributed by atoms with Gasteiger partial charge in [-0.3, -0.25) is 9.69 Å². The summed E-state index contributed by atoms with van der Waals surface area (Å²) in [6, 6.07) is 6.74. The van der Waals surface area contributed by atoms with Crippen LogP contribution in [-0.2, 0) is 0 Å². The number of hydrogen-bond acceptors (Lipinski definition) is 2. The maximum atomic E-state index is 13.5. The van der Waals surface area contributed by atoms with Gasteiger partial charge in [-0.2, -0.15) is 0 Å². The second-order valence-corrected chi connectivity index (χ2v) is 4.90. The van der Waals surface area contributed by atoms with Crippen molar-refractivity contribution in [2.45, 2.75) is 38.6 Å². The lowest BCUT2D eigenvalue weighted by Crippen LogP contribution is -2.37. The second-order valence-electron chi connectivity index (χ2n) is 4.90. The summed E-state index contributed by atoms with van der Waals surface area (Å²) in [6.45, 7) is 3.25. The molecule has 0 aliphatic heterocycles. The number of nitrogens with zero attached hydrogens (tertiary/aromatic N) is 1. The van der Waals surface area contributed by atoms with E-state index in [1.807, 2.05) is 0 Å². The molecular weight excluding hydrogens is 229 g/mol. The van der Waals surface area contributed by atoms with E-state index in [9.17, 15) is 9.18 Å². The molecule has 0 radical (unpaired) electrons. The van der Waals surface area contributed by atoms with Crippen molar-refractivity contribution in [3.05, 3.63) is 35.6 Å². The van der Waals surface area contributed by atoms with E-state index in [1.165, 1.54) is 31.7 Å². The molecule has 1 fully saturated rings. The fraction of sp³-hybridized carbons (Fsp3) is 0.533. The summed E-state index contributed by atoms with van der Waals surface area (Å²) in [4.78, 5) is 14.3. The van der Waals surface area contributed by atoms with E-state index in [4.69, 9.17) is 0 Å². The number of ketones is 1. The molecule has 0 aromatic heterocycles. The van der Waals surface area contributed by atoms with E-state index in [2.05, 4.69) is 11.8 Å². The molecule has 0 unspecified atom stereocenters. The molecule has 0 amide bonds. The number of hydrogen-bond donors (Lipinski definition) is 0. The van der Waals surface area contributed by atoms with E-state index in [0.717, 1.165) is 6.54 Å². The predicted octanol–water partition coefficient (Wildman–Crippen LogP) is 3.27. The van der Waals surface area contributed by atoms with Gasteiger partial charge < -0.3 is 0 Å². The SMILES string of the molecule is CCN(CC(=O)c1ccccc1F)C1CCCC1. The van der Waals surface area contributed by atoms with Crippen LogP contribution in [-0.4, -0.2) is 29.8 Å². The molecule has 1 aliphatic rings. The van der Waals surface area contributed by atoms with Crippen LogP contribution in [0.15, 0.2) is 24.3 Å². The number of rotatable bonds is 5. The third kappa shape index (κ3) is 2.96. The third-order valence-electron chi connectivity index (χ3n) is 3.77. The molecule has 1 aliphatic carbocycles. The third-order valence-corrected chi connectivity index (χ3v) is 3.77. The van der Waals surface area contributed by atoms with Crippen LogP contribution < -0.4 is 0 Å². The minimum atomic E-state index is -0.412. The zero-order valence-electron chi connectivity index (χ0n) is 10.9. The van der Waals surface area contributed by atoms with Gasteiger partial charge in [-0.25, -0.2) is 4.39 Å². The van der Waals surface area contributed by atoms with Gasteiger partial charge in [-0.1, -0.05) is 31.9 Å². The Labute approximate surface area is 108 Å². The maximum Gasteiger partial charge on any atom is 0.179 e. The molecule has 0 saturated heterocycles. The molecule has 1 saturated carbocycles. The smallest absolute Gasteiger partial charge is 0.179 e. The monoisotopic (exact) mass is 249 g/mol. The van der Waals surface area contributed by atoms with Gasteiger partial charge in [0, 0.05) is 6.04 Å². The summed E-state index contributed by atoms with van der Waals surface area (Å²) in [5.74, 6) is -0.521. The van der Waals surface area contributed by atoms with Crippen LogP contribution in [0, 0.1) is 5.82 Å². The number of carbonyl (C=O) groups excluding carboxylic acids is 1. The van der Waals surface area contributed by atoms with Crippen LogP contribution in [0.2, 0.25) is 0 Å². The zero-order chi connectivity index (χ0) is 13.0. The molecule has 0 spiro atoms. The van der Waals surface area contributed by atoms with E-state index in [1.54, 1.807) is 18.2 Å². The molecule has 3 heteroatoms. The zero-order valence-corrected chi connectivity index (χ0v) is 10.9. The van der Waals surface area contributed by atoms with E-state index >= 15 is 0 Å². The van der Waals surface area contributed by atoms with Crippen LogP contribution in [0.3, 0.4) is 0 Å². The first-order valence-corrected chi connectivity index (χ1v) is 6.74. The minimum absolute atomic E-state index is 0.109. The summed E-state index contributed by atoms with van der Waals surface area (Å²) >= 11 is 0. The Hall–Kier alpha value is -1.22. The Morgan fingerprint density at radius 2 is 2.00 bits per heavy atom. The second kappa shape index (κ2) is 6.10. The first kappa shape index (κ1) is 13.2. The van der Waals surface area contributed by atoms with Crippen LogP contribution >= 0.6 is 0 Å². The van der Waals surface area contributed by atoms with Crippen molar-refractivity contribution in [2.75, 3.05) is 13.1 Å². The molecular formula is C15H20FNO. The van der Waals surface area contributed by atoms with E-state index < -0.39 is 5.82 Å². The number of likely N-dealkylation sites (N-methyl/N-ethyl adjacent to an activating group) is 1. The molecule has 2 nitrogen and oxygen atoms in total. The first-order valence-electron chi connectivity index (χ1n) is 6.74. The summed E-state index contributed by atoms with van der Waals surface area (Å²) in [6.07, 6.45) is 4.82. The highest BCUT2D eigenvalue weighted by Gasteiger charge is 2.24. The highest BCUT2D eigenvalue weighted by atomic mass is 19.1. The number of carbonyl (C=O) groups is 1. The van der Waals surface area contributed by atoms with Crippen molar-refractivity contribution >= 4 is 5.78 Å². The fourth-order valence-corrected chi connectivity index (χ4v) is 2.73. The number of halogens is 1. The van der Waals surface area contributed by atoms with Gasteiger partial charge >= 0.3 is 0 Å². The standard InChI is InChI=1S/C15H20FNO/c1-2-17(12-7-3-4-8-12)11-15(18)13-9-5-6-10-14(13)16/h5-6,9-10,12H,2-4,7-8,11H2,1H3. The van der Waals surface area contributed by atoms with Gasteiger partial charge in [0.2, 0.25) is 0 Å². The van der Waals surface area contributed by atoms with Crippen molar-refractivity contribution in [2.24, 2.45) is 0 Å². The van der Waals surface area contributed by atoms with Gasteiger partial charge in [0.05, 0.1) is 12.1 Å². The molecule has 2 rings (SSSR count). The van der Waals surface area contributed by atoms with Gasteiger partial charge in [0.1, 0.15) is 5.82 Å². The Balaban J connectivity index is 2.03. The lowest BCUT2D eigenvalue weighted by atomic mass is 10.1. The van der Waals surface area contributed by atoms with Gasteiger partial charge in [-0.15, -0.1) is 0 Å². The van der Waals surface area contributed by atoms with Gasteiger partial charge in [0.15, 0.2) is 5.78 Å². The molecule has 0 heterocycles. The predicted molar refractivity (Wildman–Crippen MR) is 70.2 cm³/mol. The number of Topliss-reactive ketones (excluding diaryl/α,β-unsaturated/α-hetero) is 1. The fourth-order valence-electron chi connectivity index (χ4n) is 2.73. The maximum absolute atomic E-state index is 13.5. The molecule has 98 valence electrons. The Morgan fingerprint density at radius 3 is 2.61 bits per heavy atom. The molecule has 1 aromatic carbocycles. The molecule has 0 atom stereocenters. The van der Waals surface area contributed by atoms with E-state index in [0.29, 0.717) is 12.6 Å². The van der Waals surface area contributed by atoms with Gasteiger partial charge in [0.25, 0.3) is 0 Å². The lowest BCUT2D eigenvalue weighted by Gasteiger charge is -2.26. The lowest BCUT2D eigenvalue weighted by molar-refractivity contribution is 0.0895. The van der Waals surface area contributed by atoms with Crippen LogP contribution in [0.5, 0.6) is 0 Å². The normalized spacial score (nSPS) is 16.4. The van der Waals surface area contributed by atoms with Gasteiger partial charge in [-0.05, 0) is 31.5 Å². The average Bonchev–Trinajstić information content (AvgIpc) is 2.90. The molecule has 0 N–H and O–H groups in total. The van der Waals surface area contributed by atoms with Crippen LogP contribution in [0.4, 0.5) is 4.39 Å². The van der Waals surface area contributed by atoms with E-state index in [-0.39, 0.29) is 11.3 Å². The number of benzene rings is 1. The quantitative estimate of drug-likeness (QED) is 0.746. The minimum Gasteiger partial charge on any atom is -0.293 e. The molecule has 18 heavy (non-hydrogen) atoms. The molecule has 1 aromatic rings. The molecule has 0 bridgehead atoms.